The van der Waals surface area contributed by atoms with Gasteiger partial charge in [-0.2, -0.15) is 0 Å². The number of methoxy groups -OCH3 is 3. The van der Waals surface area contributed by atoms with Crippen LogP contribution >= 0.6 is 0 Å². The van der Waals surface area contributed by atoms with Gasteiger partial charge in [-0.1, -0.05) is 101 Å². The third kappa shape index (κ3) is 13.8. The molecule has 0 unspecified atom stereocenters. The summed E-state index contributed by atoms with van der Waals surface area (Å²) in [5.74, 6) is 2.77. The van der Waals surface area contributed by atoms with Crippen LogP contribution in [0.5, 0.6) is 23.0 Å². The number of hydrogen-bond donors (Lipinski definition) is 0. The number of ether oxygens (including phenoxy) is 4. The van der Waals surface area contributed by atoms with E-state index in [1.807, 2.05) is 48.6 Å². The van der Waals surface area contributed by atoms with E-state index in [4.69, 9.17) is 18.9 Å². The largest absolute Gasteiger partial charge is 0.494 e. The predicted molar refractivity (Wildman–Crippen MR) is 220 cm³/mol. The van der Waals surface area contributed by atoms with Gasteiger partial charge in [-0.3, -0.25) is 0 Å². The molecule has 4 aromatic carbocycles. The number of hydrogen-bond acceptors (Lipinski definition) is 6. The lowest BCUT2D eigenvalue weighted by atomic mass is 10.1. The third-order valence-corrected chi connectivity index (χ3v) is 8.50. The molecule has 0 aliphatic carbocycles. The fourth-order valence-corrected chi connectivity index (χ4v) is 5.34. The summed E-state index contributed by atoms with van der Waals surface area (Å²) < 4.78 is 21.8. The molecule has 4 rings (SSSR count). The molecule has 0 aromatic heterocycles. The molecule has 0 N–H and O–H groups in total. The zero-order valence-electron chi connectivity index (χ0n) is 32.3. The maximum absolute atomic E-state index is 5.68. The van der Waals surface area contributed by atoms with E-state index in [0.717, 1.165) is 49.4 Å². The summed E-state index contributed by atoms with van der Waals surface area (Å²) in [5.41, 5.74) is 7.11. The second kappa shape index (κ2) is 22.8. The van der Waals surface area contributed by atoms with Gasteiger partial charge in [-0.15, -0.1) is 0 Å². The lowest BCUT2D eigenvalue weighted by molar-refractivity contribution is 0.309. The zero-order chi connectivity index (χ0) is 36.8. The molecule has 0 fully saturated rings. The molecule has 4 aromatic rings. The molecule has 51 heavy (non-hydrogen) atoms. The first-order valence-corrected chi connectivity index (χ1v) is 18.4. The standard InChI is InChI=1S/C24H34N2.C21H26O4/c1-5-7-19-26(20-8-6-2)24-17-13-22(14-18-24)10-9-21-11-15-23(16-12-21)25(3)4;1-5-6-13-25-18-11-9-16(10-12-18)7-8-17-14-19(22-2)21(24-4)20(15-17)23-3/h9-18H,5-8,19-20H2,1-4H3;7-12,14-15H,5-6,13H2,1-4H3/b10-9+;8-7+. The monoisotopic (exact) mass is 692 g/mol. The summed E-state index contributed by atoms with van der Waals surface area (Å²) in [4.78, 5) is 4.65. The van der Waals surface area contributed by atoms with Gasteiger partial charge in [-0.05, 0) is 90.0 Å². The molecule has 0 bridgehead atoms. The molecule has 0 saturated heterocycles. The maximum Gasteiger partial charge on any atom is 0.203 e. The quantitative estimate of drug-likeness (QED) is 0.0720. The highest BCUT2D eigenvalue weighted by molar-refractivity contribution is 5.73. The number of nitrogens with zero attached hydrogens (tertiary/aromatic N) is 2. The summed E-state index contributed by atoms with van der Waals surface area (Å²) >= 11 is 0. The lowest BCUT2D eigenvalue weighted by Gasteiger charge is -2.24. The molecule has 0 amide bonds. The van der Waals surface area contributed by atoms with E-state index in [1.165, 1.54) is 48.2 Å². The molecule has 0 spiro atoms. The van der Waals surface area contributed by atoms with Crippen LogP contribution in [0.15, 0.2) is 84.9 Å². The summed E-state index contributed by atoms with van der Waals surface area (Å²) in [6.07, 6.45) is 15.6. The van der Waals surface area contributed by atoms with Crippen LogP contribution in [0.1, 0.15) is 81.5 Å². The van der Waals surface area contributed by atoms with Gasteiger partial charge in [0.1, 0.15) is 5.75 Å². The summed E-state index contributed by atoms with van der Waals surface area (Å²) in [6.45, 7) is 9.75. The molecule has 0 atom stereocenters. The lowest BCUT2D eigenvalue weighted by Crippen LogP contribution is -2.25. The number of anilines is 2. The molecule has 0 aliphatic rings. The fraction of sp³-hybridized carbons (Fsp3) is 0.378. The van der Waals surface area contributed by atoms with Gasteiger partial charge in [0.15, 0.2) is 11.5 Å². The van der Waals surface area contributed by atoms with E-state index >= 15 is 0 Å². The smallest absolute Gasteiger partial charge is 0.203 e. The van der Waals surface area contributed by atoms with E-state index < -0.39 is 0 Å². The van der Waals surface area contributed by atoms with Crippen LogP contribution in [-0.2, 0) is 0 Å². The Morgan fingerprint density at radius 1 is 0.510 bits per heavy atom. The Labute approximate surface area is 308 Å². The van der Waals surface area contributed by atoms with Gasteiger partial charge in [0.05, 0.1) is 27.9 Å². The van der Waals surface area contributed by atoms with Crippen LogP contribution in [0, 0.1) is 0 Å². The molecule has 6 nitrogen and oxygen atoms in total. The molecule has 274 valence electrons. The number of unbranched alkanes of at least 4 members (excludes halogenated alkanes) is 3. The molecule has 6 heteroatoms. The van der Waals surface area contributed by atoms with Crippen LogP contribution < -0.4 is 28.7 Å². The Morgan fingerprint density at radius 3 is 1.35 bits per heavy atom. The van der Waals surface area contributed by atoms with Crippen molar-refractivity contribution in [2.24, 2.45) is 0 Å². The van der Waals surface area contributed by atoms with E-state index in [0.29, 0.717) is 17.2 Å². The van der Waals surface area contributed by atoms with E-state index in [1.54, 1.807) is 21.3 Å². The van der Waals surface area contributed by atoms with Crippen LogP contribution in [0.2, 0.25) is 0 Å². The third-order valence-electron chi connectivity index (χ3n) is 8.50. The van der Waals surface area contributed by atoms with E-state index in [9.17, 15) is 0 Å². The van der Waals surface area contributed by atoms with E-state index in [2.05, 4.69) is 105 Å². The van der Waals surface area contributed by atoms with Crippen molar-refractivity contribution >= 4 is 35.7 Å². The number of benzene rings is 4. The van der Waals surface area contributed by atoms with Crippen molar-refractivity contribution in [2.75, 3.05) is 64.9 Å². The van der Waals surface area contributed by atoms with Gasteiger partial charge in [-0.25, -0.2) is 0 Å². The van der Waals surface area contributed by atoms with E-state index in [-0.39, 0.29) is 0 Å². The van der Waals surface area contributed by atoms with Crippen molar-refractivity contribution in [3.05, 3.63) is 107 Å². The van der Waals surface area contributed by atoms with Gasteiger partial charge >= 0.3 is 0 Å². The molecule has 0 aliphatic heterocycles. The van der Waals surface area contributed by atoms with Gasteiger partial charge in [0.2, 0.25) is 5.75 Å². The average molecular weight is 693 g/mol. The fourth-order valence-electron chi connectivity index (χ4n) is 5.34. The Balaban J connectivity index is 0.000000276. The molecule has 0 radical (unpaired) electrons. The SMILES string of the molecule is CCCCN(CCCC)c1ccc(/C=C/c2ccc(N(C)C)cc2)cc1.CCCCOc1ccc(/C=C/c2cc(OC)c(OC)c(OC)c2)cc1. The minimum atomic E-state index is 0.593. The maximum atomic E-state index is 5.68. The first-order valence-electron chi connectivity index (χ1n) is 18.4. The van der Waals surface area contributed by atoms with Crippen molar-refractivity contribution < 1.29 is 18.9 Å². The van der Waals surface area contributed by atoms with Crippen LogP contribution in [-0.4, -0.2) is 55.1 Å². The van der Waals surface area contributed by atoms with Gasteiger partial charge < -0.3 is 28.7 Å². The first kappa shape index (κ1) is 40.6. The summed E-state index contributed by atoms with van der Waals surface area (Å²) in [5, 5.41) is 0. The first-order chi connectivity index (χ1) is 24.8. The molecule has 0 heterocycles. The molecular formula is C45H60N2O4. The Hall–Kier alpha value is -4.84. The van der Waals surface area contributed by atoms with Crippen LogP contribution in [0.3, 0.4) is 0 Å². The van der Waals surface area contributed by atoms with Crippen molar-refractivity contribution in [3.8, 4) is 23.0 Å². The Bertz CT molecular complexity index is 1560. The minimum Gasteiger partial charge on any atom is -0.494 e. The van der Waals surface area contributed by atoms with Gasteiger partial charge in [0, 0.05) is 38.6 Å². The Kier molecular flexibility index (Phi) is 18.1. The van der Waals surface area contributed by atoms with Crippen LogP contribution in [0.4, 0.5) is 11.4 Å². The van der Waals surface area contributed by atoms with Crippen molar-refractivity contribution in [1.82, 2.24) is 0 Å². The zero-order valence-corrected chi connectivity index (χ0v) is 32.3. The van der Waals surface area contributed by atoms with Crippen molar-refractivity contribution in [3.63, 3.8) is 0 Å². The van der Waals surface area contributed by atoms with Crippen molar-refractivity contribution in [1.29, 1.82) is 0 Å². The topological polar surface area (TPSA) is 43.4 Å². The Morgan fingerprint density at radius 2 is 0.941 bits per heavy atom. The molecule has 0 saturated carbocycles. The second-order valence-electron chi connectivity index (χ2n) is 12.7. The average Bonchev–Trinajstić information content (AvgIpc) is 3.17. The highest BCUT2D eigenvalue weighted by atomic mass is 16.5. The normalized spacial score (nSPS) is 10.9. The number of rotatable bonds is 19. The summed E-state index contributed by atoms with van der Waals surface area (Å²) in [6, 6.07) is 29.5. The van der Waals surface area contributed by atoms with Gasteiger partial charge in [0.25, 0.3) is 0 Å². The highest BCUT2D eigenvalue weighted by Crippen LogP contribution is 2.38. The molecular weight excluding hydrogens is 633 g/mol. The summed E-state index contributed by atoms with van der Waals surface area (Å²) in [7, 11) is 8.96. The highest BCUT2D eigenvalue weighted by Gasteiger charge is 2.12. The van der Waals surface area contributed by atoms with Crippen molar-refractivity contribution in [2.45, 2.75) is 59.3 Å². The van der Waals surface area contributed by atoms with Crippen LogP contribution in [0.25, 0.3) is 24.3 Å². The second-order valence-corrected chi connectivity index (χ2v) is 12.7. The minimum absolute atomic E-state index is 0.593. The predicted octanol–water partition coefficient (Wildman–Crippen LogP) is 11.4.